The lowest BCUT2D eigenvalue weighted by molar-refractivity contribution is 0.311. The summed E-state index contributed by atoms with van der Waals surface area (Å²) in [5, 5.41) is 0.532. The second-order valence-corrected chi connectivity index (χ2v) is 6.60. The molecule has 96 valence electrons. The summed E-state index contributed by atoms with van der Waals surface area (Å²) in [7, 11) is -3.12. The lowest BCUT2D eigenvalue weighted by Crippen LogP contribution is -2.24. The van der Waals surface area contributed by atoms with Crippen LogP contribution in [-0.2, 0) is 10.0 Å². The van der Waals surface area contributed by atoms with Crippen molar-refractivity contribution < 1.29 is 13.2 Å². The first kappa shape index (κ1) is 14.8. The molecular formula is C10H13BrClNO3S. The highest BCUT2D eigenvalue weighted by Crippen LogP contribution is 2.27. The van der Waals surface area contributed by atoms with Crippen molar-refractivity contribution in [2.75, 3.05) is 19.4 Å². The van der Waals surface area contributed by atoms with Crippen LogP contribution in [0.4, 0.5) is 0 Å². The summed E-state index contributed by atoms with van der Waals surface area (Å²) in [5.41, 5.74) is 0. The van der Waals surface area contributed by atoms with Crippen LogP contribution in [0.2, 0.25) is 5.02 Å². The number of benzene rings is 1. The third-order valence-electron chi connectivity index (χ3n) is 1.84. The van der Waals surface area contributed by atoms with E-state index < -0.39 is 10.0 Å². The van der Waals surface area contributed by atoms with Crippen molar-refractivity contribution in [3.8, 4) is 5.75 Å². The highest BCUT2D eigenvalue weighted by atomic mass is 79.9. The Hall–Kier alpha value is -0.300. The van der Waals surface area contributed by atoms with Crippen LogP contribution < -0.4 is 9.46 Å². The van der Waals surface area contributed by atoms with E-state index >= 15 is 0 Å². The molecule has 17 heavy (non-hydrogen) atoms. The Bertz CT molecular complexity index is 478. The summed E-state index contributed by atoms with van der Waals surface area (Å²) in [6, 6.07) is 5.32. The van der Waals surface area contributed by atoms with Crippen LogP contribution >= 0.6 is 27.5 Å². The van der Waals surface area contributed by atoms with Gasteiger partial charge in [0, 0.05) is 11.0 Å². The standard InChI is InChI=1S/C10H13BrClNO3S/c1-17(14,15)13-5-2-6-16-10-7-8(11)3-4-9(10)12/h3-4,7,13H,2,5-6H2,1H3. The fourth-order valence-corrected chi connectivity index (χ4v) is 2.13. The molecule has 0 saturated carbocycles. The molecule has 7 heteroatoms. The van der Waals surface area contributed by atoms with Gasteiger partial charge in [-0.15, -0.1) is 0 Å². The lowest BCUT2D eigenvalue weighted by atomic mass is 10.3. The van der Waals surface area contributed by atoms with E-state index in [0.29, 0.717) is 30.3 Å². The molecule has 0 amide bonds. The van der Waals surface area contributed by atoms with Gasteiger partial charge in [0.2, 0.25) is 10.0 Å². The van der Waals surface area contributed by atoms with Crippen molar-refractivity contribution in [3.63, 3.8) is 0 Å². The second kappa shape index (κ2) is 6.58. The van der Waals surface area contributed by atoms with Gasteiger partial charge in [-0.1, -0.05) is 27.5 Å². The molecule has 0 aromatic heterocycles. The van der Waals surface area contributed by atoms with Crippen LogP contribution in [0.1, 0.15) is 6.42 Å². The normalized spacial score (nSPS) is 11.5. The van der Waals surface area contributed by atoms with Gasteiger partial charge in [-0.3, -0.25) is 0 Å². The van der Waals surface area contributed by atoms with Gasteiger partial charge in [0.25, 0.3) is 0 Å². The maximum Gasteiger partial charge on any atom is 0.208 e. The molecule has 0 saturated heterocycles. The Morgan fingerprint density at radius 3 is 2.82 bits per heavy atom. The molecule has 1 aromatic rings. The monoisotopic (exact) mass is 341 g/mol. The van der Waals surface area contributed by atoms with E-state index in [2.05, 4.69) is 20.7 Å². The molecular weight excluding hydrogens is 330 g/mol. The van der Waals surface area contributed by atoms with Crippen LogP contribution in [0, 0.1) is 0 Å². The average molecular weight is 343 g/mol. The molecule has 0 atom stereocenters. The number of ether oxygens (including phenoxy) is 1. The molecule has 0 aliphatic carbocycles. The molecule has 4 nitrogen and oxygen atoms in total. The minimum atomic E-state index is -3.12. The summed E-state index contributed by atoms with van der Waals surface area (Å²) in [4.78, 5) is 0. The third kappa shape index (κ3) is 6.26. The number of rotatable bonds is 6. The second-order valence-electron chi connectivity index (χ2n) is 3.44. The molecule has 0 bridgehead atoms. The topological polar surface area (TPSA) is 55.4 Å². The molecule has 1 rings (SSSR count). The SMILES string of the molecule is CS(=O)(=O)NCCCOc1cc(Br)ccc1Cl. The largest absolute Gasteiger partial charge is 0.492 e. The van der Waals surface area contributed by atoms with E-state index in [0.717, 1.165) is 10.7 Å². The smallest absolute Gasteiger partial charge is 0.208 e. The van der Waals surface area contributed by atoms with Crippen LogP contribution in [0.3, 0.4) is 0 Å². The minimum absolute atomic E-state index is 0.352. The van der Waals surface area contributed by atoms with E-state index in [4.69, 9.17) is 16.3 Å². The fourth-order valence-electron chi connectivity index (χ4n) is 1.10. The lowest BCUT2D eigenvalue weighted by Gasteiger charge is -2.08. The molecule has 0 spiro atoms. The zero-order valence-corrected chi connectivity index (χ0v) is 12.4. The Morgan fingerprint density at radius 2 is 2.18 bits per heavy atom. The van der Waals surface area contributed by atoms with Gasteiger partial charge in [0.1, 0.15) is 5.75 Å². The van der Waals surface area contributed by atoms with Gasteiger partial charge in [-0.2, -0.15) is 0 Å². The number of nitrogens with one attached hydrogen (secondary N) is 1. The van der Waals surface area contributed by atoms with E-state index in [1.807, 2.05) is 6.07 Å². The zero-order chi connectivity index (χ0) is 12.9. The van der Waals surface area contributed by atoms with Crippen molar-refractivity contribution in [1.29, 1.82) is 0 Å². The quantitative estimate of drug-likeness (QED) is 0.808. The first-order valence-corrected chi connectivity index (χ1v) is 7.97. The summed E-state index contributed by atoms with van der Waals surface area (Å²) in [6.07, 6.45) is 1.70. The van der Waals surface area contributed by atoms with Gasteiger partial charge in [0.15, 0.2) is 0 Å². The van der Waals surface area contributed by atoms with Gasteiger partial charge >= 0.3 is 0 Å². The van der Waals surface area contributed by atoms with Crippen LogP contribution in [0.25, 0.3) is 0 Å². The van der Waals surface area contributed by atoms with E-state index in [1.165, 1.54) is 0 Å². The van der Waals surface area contributed by atoms with Gasteiger partial charge in [0.05, 0.1) is 17.9 Å². The van der Waals surface area contributed by atoms with Crippen molar-refractivity contribution in [1.82, 2.24) is 4.72 Å². The van der Waals surface area contributed by atoms with E-state index in [9.17, 15) is 8.42 Å². The Kier molecular flexibility index (Phi) is 5.72. The van der Waals surface area contributed by atoms with Crippen LogP contribution in [0.5, 0.6) is 5.75 Å². The van der Waals surface area contributed by atoms with E-state index in [1.54, 1.807) is 12.1 Å². The van der Waals surface area contributed by atoms with Crippen molar-refractivity contribution >= 4 is 37.6 Å². The van der Waals surface area contributed by atoms with Gasteiger partial charge in [-0.05, 0) is 24.6 Å². The van der Waals surface area contributed by atoms with Crippen LogP contribution in [0.15, 0.2) is 22.7 Å². The molecule has 0 radical (unpaired) electrons. The Labute approximate surface area is 114 Å². The number of halogens is 2. The highest BCUT2D eigenvalue weighted by Gasteiger charge is 2.03. The highest BCUT2D eigenvalue weighted by molar-refractivity contribution is 9.10. The molecule has 1 aromatic carbocycles. The van der Waals surface area contributed by atoms with Gasteiger partial charge < -0.3 is 4.74 Å². The Balaban J connectivity index is 2.34. The molecule has 0 fully saturated rings. The van der Waals surface area contributed by atoms with E-state index in [-0.39, 0.29) is 0 Å². The molecule has 0 heterocycles. The third-order valence-corrected chi connectivity index (χ3v) is 3.37. The van der Waals surface area contributed by atoms with Gasteiger partial charge in [-0.25, -0.2) is 13.1 Å². The summed E-state index contributed by atoms with van der Waals surface area (Å²) in [5.74, 6) is 0.584. The predicted molar refractivity (Wildman–Crippen MR) is 72.1 cm³/mol. The Morgan fingerprint density at radius 1 is 1.47 bits per heavy atom. The summed E-state index contributed by atoms with van der Waals surface area (Å²) < 4.78 is 30.3. The van der Waals surface area contributed by atoms with Crippen molar-refractivity contribution in [2.24, 2.45) is 0 Å². The maximum absolute atomic E-state index is 10.8. The molecule has 0 unspecified atom stereocenters. The zero-order valence-electron chi connectivity index (χ0n) is 9.24. The number of sulfonamides is 1. The summed E-state index contributed by atoms with van der Waals surface area (Å²) in [6.45, 7) is 0.753. The van der Waals surface area contributed by atoms with Crippen molar-refractivity contribution in [2.45, 2.75) is 6.42 Å². The number of hydrogen-bond donors (Lipinski definition) is 1. The van der Waals surface area contributed by atoms with Crippen LogP contribution in [-0.4, -0.2) is 27.8 Å². The molecule has 1 N–H and O–H groups in total. The fraction of sp³-hybridized carbons (Fsp3) is 0.400. The predicted octanol–water partition coefficient (Wildman–Crippen LogP) is 2.42. The summed E-state index contributed by atoms with van der Waals surface area (Å²) >= 11 is 9.24. The minimum Gasteiger partial charge on any atom is -0.492 e. The maximum atomic E-state index is 10.8. The first-order valence-electron chi connectivity index (χ1n) is 4.91. The molecule has 0 aliphatic rings. The molecule has 0 aliphatic heterocycles. The first-order chi connectivity index (χ1) is 7.88. The van der Waals surface area contributed by atoms with Crippen molar-refractivity contribution in [3.05, 3.63) is 27.7 Å². The average Bonchev–Trinajstić information content (AvgIpc) is 2.21. The number of hydrogen-bond acceptors (Lipinski definition) is 3.